The number of anilines is 3. The van der Waals surface area contributed by atoms with Crippen molar-refractivity contribution >= 4 is 44.4 Å². The maximum absolute atomic E-state index is 13.3. The van der Waals surface area contributed by atoms with Gasteiger partial charge in [0.1, 0.15) is 0 Å². The normalized spacial score (nSPS) is 17.6. The summed E-state index contributed by atoms with van der Waals surface area (Å²) in [6.07, 6.45) is 3.46. The fraction of sp³-hybridized carbons (Fsp3) is 0.458. The van der Waals surface area contributed by atoms with Gasteiger partial charge in [0.15, 0.2) is 5.11 Å². The molecule has 7 nitrogen and oxygen atoms in total. The molecular formula is C24H32N4O3S2. The Balaban J connectivity index is 1.64. The number of piperidine rings is 1. The molecule has 4 rings (SSSR count). The molecule has 2 aromatic carbocycles. The van der Waals surface area contributed by atoms with Crippen LogP contribution >= 0.6 is 12.2 Å². The molecule has 2 saturated heterocycles. The van der Waals surface area contributed by atoms with Crippen LogP contribution in [0.5, 0.6) is 0 Å². The lowest BCUT2D eigenvalue weighted by Crippen LogP contribution is -2.40. The van der Waals surface area contributed by atoms with Gasteiger partial charge in [0, 0.05) is 31.9 Å². The van der Waals surface area contributed by atoms with E-state index in [1.807, 2.05) is 38.1 Å². The molecule has 2 heterocycles. The highest BCUT2D eigenvalue weighted by molar-refractivity contribution is 7.89. The van der Waals surface area contributed by atoms with E-state index >= 15 is 0 Å². The van der Waals surface area contributed by atoms with Gasteiger partial charge in [-0.15, -0.1) is 0 Å². The number of nitrogens with zero attached hydrogens (tertiary/aromatic N) is 2. The van der Waals surface area contributed by atoms with Gasteiger partial charge in [-0.1, -0.05) is 18.2 Å². The number of sulfonamides is 1. The van der Waals surface area contributed by atoms with Crippen LogP contribution in [0.15, 0.2) is 41.3 Å². The number of ether oxygens (including phenoxy) is 1. The van der Waals surface area contributed by atoms with Gasteiger partial charge in [0.05, 0.1) is 29.5 Å². The Labute approximate surface area is 202 Å². The summed E-state index contributed by atoms with van der Waals surface area (Å²) >= 11 is 5.64. The quantitative estimate of drug-likeness (QED) is 0.613. The molecule has 33 heavy (non-hydrogen) atoms. The first-order valence-electron chi connectivity index (χ1n) is 11.5. The second-order valence-electron chi connectivity index (χ2n) is 8.59. The first-order valence-corrected chi connectivity index (χ1v) is 13.3. The Morgan fingerprint density at radius 2 is 1.61 bits per heavy atom. The lowest BCUT2D eigenvalue weighted by Gasteiger charge is -2.31. The summed E-state index contributed by atoms with van der Waals surface area (Å²) in [5, 5.41) is 7.04. The zero-order chi connectivity index (χ0) is 23.4. The van der Waals surface area contributed by atoms with Gasteiger partial charge in [-0.2, -0.15) is 4.31 Å². The number of hydrogen-bond acceptors (Lipinski definition) is 5. The Bertz CT molecular complexity index is 1090. The Morgan fingerprint density at radius 1 is 0.939 bits per heavy atom. The number of hydrogen-bond donors (Lipinski definition) is 2. The topological polar surface area (TPSA) is 73.9 Å². The predicted molar refractivity (Wildman–Crippen MR) is 138 cm³/mol. The van der Waals surface area contributed by atoms with Crippen molar-refractivity contribution in [1.29, 1.82) is 0 Å². The highest BCUT2D eigenvalue weighted by Gasteiger charge is 2.28. The van der Waals surface area contributed by atoms with Gasteiger partial charge in [0.2, 0.25) is 10.0 Å². The molecule has 0 saturated carbocycles. The van der Waals surface area contributed by atoms with Crippen LogP contribution in [-0.2, 0) is 14.8 Å². The van der Waals surface area contributed by atoms with Gasteiger partial charge in [0.25, 0.3) is 0 Å². The van der Waals surface area contributed by atoms with E-state index in [0.29, 0.717) is 37.1 Å². The molecule has 0 aliphatic carbocycles. The van der Waals surface area contributed by atoms with Crippen molar-refractivity contribution in [3.8, 4) is 0 Å². The van der Waals surface area contributed by atoms with E-state index < -0.39 is 10.0 Å². The molecule has 178 valence electrons. The fourth-order valence-corrected chi connectivity index (χ4v) is 6.05. The molecule has 0 aromatic heterocycles. The molecule has 0 bridgehead atoms. The molecule has 0 radical (unpaired) electrons. The van der Waals surface area contributed by atoms with E-state index in [0.717, 1.165) is 48.4 Å². The van der Waals surface area contributed by atoms with Crippen LogP contribution in [-0.4, -0.2) is 57.2 Å². The van der Waals surface area contributed by atoms with Gasteiger partial charge >= 0.3 is 0 Å². The van der Waals surface area contributed by atoms with Crippen LogP contribution in [0.25, 0.3) is 0 Å². The van der Waals surface area contributed by atoms with Gasteiger partial charge in [-0.3, -0.25) is 0 Å². The van der Waals surface area contributed by atoms with Crippen LogP contribution in [0.3, 0.4) is 0 Å². The number of para-hydroxylation sites is 1. The highest BCUT2D eigenvalue weighted by Crippen LogP contribution is 2.32. The minimum atomic E-state index is -3.61. The minimum Gasteiger partial charge on any atom is -0.379 e. The second kappa shape index (κ2) is 10.4. The van der Waals surface area contributed by atoms with Crippen LogP contribution in [0.4, 0.5) is 17.1 Å². The van der Waals surface area contributed by atoms with Crippen LogP contribution in [0, 0.1) is 13.8 Å². The van der Waals surface area contributed by atoms with Crippen LogP contribution in [0.2, 0.25) is 0 Å². The number of morpholine rings is 1. The molecule has 2 fully saturated rings. The molecule has 0 spiro atoms. The van der Waals surface area contributed by atoms with Crippen molar-refractivity contribution in [2.45, 2.75) is 38.0 Å². The van der Waals surface area contributed by atoms with E-state index in [4.69, 9.17) is 17.0 Å². The van der Waals surface area contributed by atoms with E-state index in [1.54, 1.807) is 12.1 Å². The number of aryl methyl sites for hydroxylation is 2. The predicted octanol–water partition coefficient (Wildman–Crippen LogP) is 4.12. The van der Waals surface area contributed by atoms with E-state index in [2.05, 4.69) is 15.5 Å². The lowest BCUT2D eigenvalue weighted by atomic mass is 10.1. The summed E-state index contributed by atoms with van der Waals surface area (Å²) in [7, 11) is -3.61. The zero-order valence-electron chi connectivity index (χ0n) is 19.3. The van der Waals surface area contributed by atoms with Gasteiger partial charge < -0.3 is 20.3 Å². The van der Waals surface area contributed by atoms with Crippen molar-refractivity contribution in [3.05, 3.63) is 47.5 Å². The molecule has 0 atom stereocenters. The summed E-state index contributed by atoms with van der Waals surface area (Å²) < 4.78 is 33.4. The Kier molecular flexibility index (Phi) is 7.53. The average molecular weight is 489 g/mol. The maximum Gasteiger partial charge on any atom is 0.243 e. The molecular weight excluding hydrogens is 456 g/mol. The molecule has 2 aromatic rings. The smallest absolute Gasteiger partial charge is 0.243 e. The van der Waals surface area contributed by atoms with Crippen LogP contribution in [0.1, 0.15) is 30.4 Å². The molecule has 2 aliphatic heterocycles. The zero-order valence-corrected chi connectivity index (χ0v) is 20.9. The third-order valence-corrected chi connectivity index (χ3v) is 8.34. The largest absolute Gasteiger partial charge is 0.379 e. The monoisotopic (exact) mass is 488 g/mol. The molecule has 0 amide bonds. The summed E-state index contributed by atoms with van der Waals surface area (Å²) in [5.74, 6) is 0. The average Bonchev–Trinajstić information content (AvgIpc) is 2.82. The lowest BCUT2D eigenvalue weighted by molar-refractivity contribution is 0.0730. The standard InChI is InChI=1S/C24H32N4O3S2/c1-18-7-6-8-19(2)23(18)26-24(32)25-21-17-20(33(29,30)28-13-15-31-16-14-28)9-10-22(21)27-11-4-3-5-12-27/h6-10,17H,3-5,11-16H2,1-2H3,(H2,25,26,32). The van der Waals surface area contributed by atoms with Gasteiger partial charge in [-0.25, -0.2) is 8.42 Å². The third kappa shape index (κ3) is 5.48. The summed E-state index contributed by atoms with van der Waals surface area (Å²) in [4.78, 5) is 2.57. The van der Waals surface area contributed by atoms with E-state index in [-0.39, 0.29) is 4.90 Å². The summed E-state index contributed by atoms with van der Waals surface area (Å²) in [6, 6.07) is 11.4. The molecule has 0 unspecified atom stereocenters. The highest BCUT2D eigenvalue weighted by atomic mass is 32.2. The maximum atomic E-state index is 13.3. The number of benzene rings is 2. The SMILES string of the molecule is Cc1cccc(C)c1NC(=S)Nc1cc(S(=O)(=O)N2CCOCC2)ccc1N1CCCCC1. The van der Waals surface area contributed by atoms with E-state index in [9.17, 15) is 8.42 Å². The second-order valence-corrected chi connectivity index (χ2v) is 10.9. The first-order chi connectivity index (χ1) is 15.9. The van der Waals surface area contributed by atoms with Crippen molar-refractivity contribution in [1.82, 2.24) is 4.31 Å². The van der Waals surface area contributed by atoms with Crippen molar-refractivity contribution in [3.63, 3.8) is 0 Å². The van der Waals surface area contributed by atoms with Crippen molar-refractivity contribution in [2.24, 2.45) is 0 Å². The van der Waals surface area contributed by atoms with Crippen molar-refractivity contribution in [2.75, 3.05) is 54.9 Å². The molecule has 2 aliphatic rings. The van der Waals surface area contributed by atoms with Gasteiger partial charge in [-0.05, 0) is 74.7 Å². The molecule has 9 heteroatoms. The van der Waals surface area contributed by atoms with Crippen LogP contribution < -0.4 is 15.5 Å². The molecule has 2 N–H and O–H groups in total. The number of rotatable bonds is 5. The Morgan fingerprint density at radius 3 is 2.27 bits per heavy atom. The van der Waals surface area contributed by atoms with E-state index in [1.165, 1.54) is 10.7 Å². The number of thiocarbonyl (C=S) groups is 1. The Hall–Kier alpha value is -2.20. The third-order valence-electron chi connectivity index (χ3n) is 6.24. The minimum absolute atomic E-state index is 0.266. The summed E-state index contributed by atoms with van der Waals surface area (Å²) in [6.45, 7) is 7.53. The van der Waals surface area contributed by atoms with Crippen molar-refractivity contribution < 1.29 is 13.2 Å². The fourth-order valence-electron chi connectivity index (χ4n) is 4.40. The summed E-state index contributed by atoms with van der Waals surface area (Å²) in [5.41, 5.74) is 4.83. The number of nitrogens with one attached hydrogen (secondary N) is 2. The first kappa shape index (κ1) is 23.9.